The van der Waals surface area contributed by atoms with Crippen molar-refractivity contribution in [3.63, 3.8) is 0 Å². The standard InChI is InChI=1S/C7H11N3O/c1-3-10-6(7(8)11)5(2)4-9-10/h4H,3H2,1-2H3,(H2,8,11). The highest BCUT2D eigenvalue weighted by atomic mass is 16.1. The van der Waals surface area contributed by atoms with Crippen LogP contribution in [0.2, 0.25) is 0 Å². The first-order chi connectivity index (χ1) is 5.16. The third kappa shape index (κ3) is 1.24. The maximum atomic E-state index is 10.8. The number of nitrogens with zero attached hydrogens (tertiary/aromatic N) is 2. The van der Waals surface area contributed by atoms with Crippen LogP contribution in [0.15, 0.2) is 6.20 Å². The summed E-state index contributed by atoms with van der Waals surface area (Å²) in [6, 6.07) is 0. The monoisotopic (exact) mass is 153 g/mol. The fraction of sp³-hybridized carbons (Fsp3) is 0.429. The molecule has 0 fully saturated rings. The maximum Gasteiger partial charge on any atom is 0.267 e. The molecule has 1 rings (SSSR count). The first-order valence-electron chi connectivity index (χ1n) is 3.49. The van der Waals surface area contributed by atoms with Crippen LogP contribution in [-0.4, -0.2) is 15.7 Å². The Morgan fingerprint density at radius 3 is 2.82 bits per heavy atom. The summed E-state index contributed by atoms with van der Waals surface area (Å²) >= 11 is 0. The van der Waals surface area contributed by atoms with Gasteiger partial charge in [0.05, 0.1) is 6.20 Å². The highest BCUT2D eigenvalue weighted by Crippen LogP contribution is 2.04. The third-order valence-corrected chi connectivity index (χ3v) is 1.56. The minimum Gasteiger partial charge on any atom is -0.364 e. The summed E-state index contributed by atoms with van der Waals surface area (Å²) in [5, 5.41) is 3.97. The van der Waals surface area contributed by atoms with Gasteiger partial charge in [-0.3, -0.25) is 9.48 Å². The Bertz CT molecular complexity index is 277. The van der Waals surface area contributed by atoms with Crippen molar-refractivity contribution in [3.8, 4) is 0 Å². The summed E-state index contributed by atoms with van der Waals surface area (Å²) in [5.74, 6) is -0.415. The van der Waals surface area contributed by atoms with Crippen molar-refractivity contribution < 1.29 is 4.79 Å². The van der Waals surface area contributed by atoms with Gasteiger partial charge in [0.2, 0.25) is 0 Å². The second kappa shape index (κ2) is 2.74. The quantitative estimate of drug-likeness (QED) is 0.664. The molecule has 0 saturated carbocycles. The van der Waals surface area contributed by atoms with Gasteiger partial charge in [-0.25, -0.2) is 0 Å². The van der Waals surface area contributed by atoms with Crippen LogP contribution in [0.1, 0.15) is 23.0 Å². The van der Waals surface area contributed by atoms with Gasteiger partial charge >= 0.3 is 0 Å². The Balaban J connectivity index is 3.17. The first-order valence-corrected chi connectivity index (χ1v) is 3.49. The number of carbonyl (C=O) groups excluding carboxylic acids is 1. The third-order valence-electron chi connectivity index (χ3n) is 1.56. The van der Waals surface area contributed by atoms with Gasteiger partial charge in [0.1, 0.15) is 5.69 Å². The molecule has 0 aliphatic carbocycles. The number of nitrogens with two attached hydrogens (primary N) is 1. The average Bonchev–Trinajstić information content (AvgIpc) is 2.30. The Hall–Kier alpha value is -1.32. The van der Waals surface area contributed by atoms with E-state index in [-0.39, 0.29) is 0 Å². The summed E-state index contributed by atoms with van der Waals surface area (Å²) in [5.41, 5.74) is 6.48. The second-order valence-corrected chi connectivity index (χ2v) is 2.36. The van der Waals surface area contributed by atoms with Gasteiger partial charge in [-0.15, -0.1) is 0 Å². The largest absolute Gasteiger partial charge is 0.364 e. The molecule has 1 aromatic heterocycles. The number of rotatable bonds is 2. The predicted molar refractivity (Wildman–Crippen MR) is 41.2 cm³/mol. The van der Waals surface area contributed by atoms with Crippen LogP contribution in [0.4, 0.5) is 0 Å². The first kappa shape index (κ1) is 7.78. The molecular formula is C7H11N3O. The van der Waals surface area contributed by atoms with Crippen molar-refractivity contribution in [2.45, 2.75) is 20.4 Å². The lowest BCUT2D eigenvalue weighted by molar-refractivity contribution is 0.0989. The van der Waals surface area contributed by atoms with Gasteiger partial charge in [0.15, 0.2) is 0 Å². The molecule has 0 radical (unpaired) electrons. The minimum atomic E-state index is -0.415. The van der Waals surface area contributed by atoms with Gasteiger partial charge in [-0.05, 0) is 19.4 Å². The zero-order valence-electron chi connectivity index (χ0n) is 6.66. The van der Waals surface area contributed by atoms with Crippen molar-refractivity contribution in [1.82, 2.24) is 9.78 Å². The number of carbonyl (C=O) groups is 1. The summed E-state index contributed by atoms with van der Waals surface area (Å²) in [6.45, 7) is 4.41. The summed E-state index contributed by atoms with van der Waals surface area (Å²) < 4.78 is 1.59. The molecule has 0 unspecified atom stereocenters. The summed E-state index contributed by atoms with van der Waals surface area (Å²) in [4.78, 5) is 10.8. The molecule has 11 heavy (non-hydrogen) atoms. The van der Waals surface area contributed by atoms with Crippen molar-refractivity contribution in [3.05, 3.63) is 17.5 Å². The van der Waals surface area contributed by atoms with E-state index in [9.17, 15) is 4.79 Å². The highest BCUT2D eigenvalue weighted by Gasteiger charge is 2.10. The van der Waals surface area contributed by atoms with Crippen LogP contribution >= 0.6 is 0 Å². The molecule has 4 heteroatoms. The van der Waals surface area contributed by atoms with Crippen molar-refractivity contribution in [2.24, 2.45) is 5.73 Å². The van der Waals surface area contributed by atoms with Crippen molar-refractivity contribution in [2.75, 3.05) is 0 Å². The molecule has 0 aromatic carbocycles. The Morgan fingerprint density at radius 1 is 1.82 bits per heavy atom. The van der Waals surface area contributed by atoms with Crippen LogP contribution in [0.5, 0.6) is 0 Å². The Kier molecular flexibility index (Phi) is 1.94. The van der Waals surface area contributed by atoms with E-state index in [0.29, 0.717) is 12.2 Å². The molecule has 0 atom stereocenters. The van der Waals surface area contributed by atoms with E-state index < -0.39 is 5.91 Å². The van der Waals surface area contributed by atoms with E-state index in [1.807, 2.05) is 13.8 Å². The van der Waals surface area contributed by atoms with E-state index >= 15 is 0 Å². The minimum absolute atomic E-state index is 0.415. The van der Waals surface area contributed by atoms with Crippen LogP contribution in [0.3, 0.4) is 0 Å². The van der Waals surface area contributed by atoms with Gasteiger partial charge in [-0.2, -0.15) is 5.10 Å². The SMILES string of the molecule is CCn1ncc(C)c1C(N)=O. The molecule has 4 nitrogen and oxygen atoms in total. The zero-order chi connectivity index (χ0) is 8.43. The lowest BCUT2D eigenvalue weighted by atomic mass is 10.2. The van der Waals surface area contributed by atoms with Crippen molar-refractivity contribution in [1.29, 1.82) is 0 Å². The Labute approximate surface area is 65.0 Å². The van der Waals surface area contributed by atoms with Gasteiger partial charge in [0, 0.05) is 6.54 Å². The molecule has 0 aliphatic rings. The number of primary amides is 1. The molecule has 1 amide bonds. The molecule has 0 spiro atoms. The van der Waals surface area contributed by atoms with E-state index in [0.717, 1.165) is 5.56 Å². The number of aryl methyl sites for hydroxylation is 2. The molecular weight excluding hydrogens is 142 g/mol. The van der Waals surface area contributed by atoms with Gasteiger partial charge in [-0.1, -0.05) is 0 Å². The summed E-state index contributed by atoms with van der Waals surface area (Å²) in [6.07, 6.45) is 1.64. The zero-order valence-corrected chi connectivity index (χ0v) is 6.66. The normalized spacial score (nSPS) is 10.0. The molecule has 1 aromatic rings. The topological polar surface area (TPSA) is 60.9 Å². The number of amides is 1. The molecule has 60 valence electrons. The van der Waals surface area contributed by atoms with Crippen molar-refractivity contribution >= 4 is 5.91 Å². The number of aromatic nitrogens is 2. The van der Waals surface area contributed by atoms with E-state index in [1.54, 1.807) is 10.9 Å². The van der Waals surface area contributed by atoms with Crippen LogP contribution < -0.4 is 5.73 Å². The number of hydrogen-bond acceptors (Lipinski definition) is 2. The van der Waals surface area contributed by atoms with E-state index in [4.69, 9.17) is 5.73 Å². The molecule has 2 N–H and O–H groups in total. The lowest BCUT2D eigenvalue weighted by Gasteiger charge is -1.99. The smallest absolute Gasteiger partial charge is 0.267 e. The fourth-order valence-electron chi connectivity index (χ4n) is 1.04. The number of hydrogen-bond donors (Lipinski definition) is 1. The van der Waals surface area contributed by atoms with Crippen LogP contribution in [0, 0.1) is 6.92 Å². The summed E-state index contributed by atoms with van der Waals surface area (Å²) in [7, 11) is 0. The van der Waals surface area contributed by atoms with Crippen LogP contribution in [0.25, 0.3) is 0 Å². The lowest BCUT2D eigenvalue weighted by Crippen LogP contribution is -2.18. The fourth-order valence-corrected chi connectivity index (χ4v) is 1.04. The Morgan fingerprint density at radius 2 is 2.45 bits per heavy atom. The van der Waals surface area contributed by atoms with Gasteiger partial charge in [0.25, 0.3) is 5.91 Å². The highest BCUT2D eigenvalue weighted by molar-refractivity contribution is 5.92. The average molecular weight is 153 g/mol. The maximum absolute atomic E-state index is 10.8. The van der Waals surface area contributed by atoms with E-state index in [1.165, 1.54) is 0 Å². The predicted octanol–water partition coefficient (Wildman–Crippen LogP) is 0.310. The molecule has 0 saturated heterocycles. The molecule has 1 heterocycles. The molecule has 0 aliphatic heterocycles. The van der Waals surface area contributed by atoms with E-state index in [2.05, 4.69) is 5.10 Å². The molecule has 0 bridgehead atoms. The van der Waals surface area contributed by atoms with Gasteiger partial charge < -0.3 is 5.73 Å². The van der Waals surface area contributed by atoms with Crippen LogP contribution in [-0.2, 0) is 6.54 Å². The second-order valence-electron chi connectivity index (χ2n) is 2.36.